The lowest BCUT2D eigenvalue weighted by Crippen LogP contribution is -2.44. The number of nitrogens with zero attached hydrogens (tertiary/aromatic N) is 5. The molecule has 0 spiro atoms. The number of benzene rings is 1. The number of pyridine rings is 1. The quantitative estimate of drug-likeness (QED) is 0.702. The van der Waals surface area contributed by atoms with E-state index in [0.29, 0.717) is 11.3 Å². The fourth-order valence-electron chi connectivity index (χ4n) is 3.69. The van der Waals surface area contributed by atoms with Gasteiger partial charge in [0.15, 0.2) is 0 Å². The molecule has 1 aliphatic rings. The molecule has 3 aromatic rings. The highest BCUT2D eigenvalue weighted by atomic mass is 16.1. The average molecular weight is 419 g/mol. The summed E-state index contributed by atoms with van der Waals surface area (Å²) in [6, 6.07) is 13.7. The van der Waals surface area contributed by atoms with Gasteiger partial charge in [-0.05, 0) is 31.3 Å². The predicted octanol–water partition coefficient (Wildman–Crippen LogP) is 3.57. The zero-order chi connectivity index (χ0) is 22.0. The normalized spacial score (nSPS) is 15.2. The molecule has 0 saturated carbocycles. The first kappa shape index (κ1) is 21.1. The van der Waals surface area contributed by atoms with Crippen molar-refractivity contribution < 1.29 is 4.79 Å². The number of carbonyl (C=O) groups is 1. The van der Waals surface area contributed by atoms with Crippen LogP contribution in [0.3, 0.4) is 0 Å². The molecule has 0 atom stereocenters. The van der Waals surface area contributed by atoms with Crippen LogP contribution in [0, 0.1) is 0 Å². The van der Waals surface area contributed by atoms with Gasteiger partial charge in [0.25, 0.3) is 5.91 Å². The van der Waals surface area contributed by atoms with Crippen molar-refractivity contribution >= 4 is 17.4 Å². The SMILES string of the molecule is CN1CCN(c2ccc(NC(=O)c3cn(-c4ccccc4)nc3C(C)(C)C)cn2)CC1. The summed E-state index contributed by atoms with van der Waals surface area (Å²) in [6.45, 7) is 10.2. The van der Waals surface area contributed by atoms with E-state index in [9.17, 15) is 4.79 Å². The lowest BCUT2D eigenvalue weighted by molar-refractivity contribution is 0.102. The van der Waals surface area contributed by atoms with E-state index in [-0.39, 0.29) is 11.3 Å². The molecule has 2 aromatic heterocycles. The molecule has 31 heavy (non-hydrogen) atoms. The third-order valence-electron chi connectivity index (χ3n) is 5.52. The predicted molar refractivity (Wildman–Crippen MR) is 124 cm³/mol. The molecule has 1 N–H and O–H groups in total. The third kappa shape index (κ3) is 4.77. The maximum Gasteiger partial charge on any atom is 0.259 e. The Morgan fingerprint density at radius 2 is 1.71 bits per heavy atom. The summed E-state index contributed by atoms with van der Waals surface area (Å²) in [6.07, 6.45) is 3.53. The van der Waals surface area contributed by atoms with Gasteiger partial charge in [-0.15, -0.1) is 0 Å². The van der Waals surface area contributed by atoms with Gasteiger partial charge in [0, 0.05) is 37.8 Å². The lowest BCUT2D eigenvalue weighted by atomic mass is 9.89. The lowest BCUT2D eigenvalue weighted by Gasteiger charge is -2.33. The first-order valence-corrected chi connectivity index (χ1v) is 10.7. The number of para-hydroxylation sites is 1. The fraction of sp³-hybridized carbons (Fsp3) is 0.375. The van der Waals surface area contributed by atoms with Crippen LogP contribution in [0.2, 0.25) is 0 Å². The van der Waals surface area contributed by atoms with Gasteiger partial charge in [0.05, 0.1) is 28.8 Å². The van der Waals surface area contributed by atoms with Crippen molar-refractivity contribution in [3.05, 3.63) is 66.1 Å². The number of anilines is 2. The highest BCUT2D eigenvalue weighted by Crippen LogP contribution is 2.26. The Hall–Kier alpha value is -3.19. The molecule has 1 saturated heterocycles. The van der Waals surface area contributed by atoms with Crippen LogP contribution in [-0.4, -0.2) is 58.8 Å². The van der Waals surface area contributed by atoms with Crippen molar-refractivity contribution in [2.45, 2.75) is 26.2 Å². The van der Waals surface area contributed by atoms with Crippen LogP contribution in [0.5, 0.6) is 0 Å². The first-order chi connectivity index (χ1) is 14.8. The number of hydrogen-bond donors (Lipinski definition) is 1. The fourth-order valence-corrected chi connectivity index (χ4v) is 3.69. The van der Waals surface area contributed by atoms with Gasteiger partial charge in [0.2, 0.25) is 0 Å². The van der Waals surface area contributed by atoms with Crippen LogP contribution in [0.15, 0.2) is 54.9 Å². The molecular weight excluding hydrogens is 388 g/mol. The molecular formula is C24H30N6O. The number of aromatic nitrogens is 3. The maximum absolute atomic E-state index is 13.1. The Kier molecular flexibility index (Phi) is 5.78. The van der Waals surface area contributed by atoms with Gasteiger partial charge in [-0.2, -0.15) is 5.10 Å². The zero-order valence-corrected chi connectivity index (χ0v) is 18.7. The molecule has 1 aliphatic heterocycles. The number of hydrogen-bond acceptors (Lipinski definition) is 5. The number of nitrogens with one attached hydrogen (secondary N) is 1. The minimum atomic E-state index is -0.268. The number of rotatable bonds is 4. The minimum Gasteiger partial charge on any atom is -0.354 e. The Bertz CT molecular complexity index is 1030. The largest absolute Gasteiger partial charge is 0.354 e. The van der Waals surface area contributed by atoms with E-state index in [0.717, 1.165) is 43.4 Å². The second-order valence-corrected chi connectivity index (χ2v) is 9.07. The average Bonchev–Trinajstić information content (AvgIpc) is 3.22. The van der Waals surface area contributed by atoms with Crippen LogP contribution < -0.4 is 10.2 Å². The molecule has 7 heteroatoms. The number of amides is 1. The summed E-state index contributed by atoms with van der Waals surface area (Å²) >= 11 is 0. The Morgan fingerprint density at radius 3 is 2.32 bits per heavy atom. The number of piperazine rings is 1. The molecule has 0 radical (unpaired) electrons. The molecule has 0 bridgehead atoms. The van der Waals surface area contributed by atoms with E-state index in [1.807, 2.05) is 42.5 Å². The van der Waals surface area contributed by atoms with E-state index < -0.39 is 0 Å². The van der Waals surface area contributed by atoms with Crippen molar-refractivity contribution in [2.24, 2.45) is 0 Å². The van der Waals surface area contributed by atoms with E-state index in [1.54, 1.807) is 17.1 Å². The van der Waals surface area contributed by atoms with E-state index in [4.69, 9.17) is 5.10 Å². The molecule has 1 aromatic carbocycles. The second-order valence-electron chi connectivity index (χ2n) is 9.07. The number of likely N-dealkylation sites (N-methyl/N-ethyl adjacent to an activating group) is 1. The highest BCUT2D eigenvalue weighted by Gasteiger charge is 2.27. The summed E-state index contributed by atoms with van der Waals surface area (Å²) in [5, 5.41) is 7.72. The molecule has 162 valence electrons. The highest BCUT2D eigenvalue weighted by molar-refractivity contribution is 6.05. The van der Waals surface area contributed by atoms with Crippen molar-refractivity contribution in [1.82, 2.24) is 19.7 Å². The van der Waals surface area contributed by atoms with Gasteiger partial charge in [-0.25, -0.2) is 9.67 Å². The second kappa shape index (κ2) is 8.51. The smallest absolute Gasteiger partial charge is 0.259 e. The van der Waals surface area contributed by atoms with E-state index in [2.05, 4.69) is 47.9 Å². The zero-order valence-electron chi connectivity index (χ0n) is 18.7. The summed E-state index contributed by atoms with van der Waals surface area (Å²) in [4.78, 5) is 22.3. The van der Waals surface area contributed by atoms with Crippen LogP contribution in [0.1, 0.15) is 36.8 Å². The molecule has 7 nitrogen and oxygen atoms in total. The first-order valence-electron chi connectivity index (χ1n) is 10.7. The van der Waals surface area contributed by atoms with Crippen LogP contribution >= 0.6 is 0 Å². The van der Waals surface area contributed by atoms with Crippen LogP contribution in [-0.2, 0) is 5.41 Å². The maximum atomic E-state index is 13.1. The molecule has 0 aliphatic carbocycles. The summed E-state index contributed by atoms with van der Waals surface area (Å²) in [5.41, 5.74) is 2.66. The summed E-state index contributed by atoms with van der Waals surface area (Å²) in [7, 11) is 2.13. The summed E-state index contributed by atoms with van der Waals surface area (Å²) in [5.74, 6) is 0.764. The molecule has 1 amide bonds. The standard InChI is InChI=1S/C24H30N6O/c1-24(2,3)22-20(17-30(27-22)19-8-6-5-7-9-19)23(31)26-18-10-11-21(25-16-18)29-14-12-28(4)13-15-29/h5-11,16-17H,12-15H2,1-4H3,(H,26,31). The topological polar surface area (TPSA) is 66.3 Å². The minimum absolute atomic E-state index is 0.179. The van der Waals surface area contributed by atoms with Gasteiger partial charge in [0.1, 0.15) is 5.82 Å². The van der Waals surface area contributed by atoms with Crippen molar-refractivity contribution in [3.8, 4) is 5.69 Å². The molecule has 4 rings (SSSR count). The van der Waals surface area contributed by atoms with Crippen molar-refractivity contribution in [2.75, 3.05) is 43.4 Å². The molecule has 3 heterocycles. The Morgan fingerprint density at radius 1 is 1.00 bits per heavy atom. The Labute approximate surface area is 183 Å². The van der Waals surface area contributed by atoms with Crippen LogP contribution in [0.4, 0.5) is 11.5 Å². The van der Waals surface area contributed by atoms with Crippen molar-refractivity contribution in [3.63, 3.8) is 0 Å². The summed E-state index contributed by atoms with van der Waals surface area (Å²) < 4.78 is 1.77. The van der Waals surface area contributed by atoms with Gasteiger partial charge in [-0.3, -0.25) is 4.79 Å². The van der Waals surface area contributed by atoms with Gasteiger partial charge in [-0.1, -0.05) is 39.0 Å². The monoisotopic (exact) mass is 418 g/mol. The molecule has 0 unspecified atom stereocenters. The van der Waals surface area contributed by atoms with Gasteiger partial charge >= 0.3 is 0 Å². The number of carbonyl (C=O) groups excluding carboxylic acids is 1. The van der Waals surface area contributed by atoms with E-state index in [1.165, 1.54) is 0 Å². The molecule has 1 fully saturated rings. The Balaban J connectivity index is 1.53. The van der Waals surface area contributed by atoms with Crippen LogP contribution in [0.25, 0.3) is 5.69 Å². The van der Waals surface area contributed by atoms with E-state index >= 15 is 0 Å². The third-order valence-corrected chi connectivity index (χ3v) is 5.52. The van der Waals surface area contributed by atoms with Gasteiger partial charge < -0.3 is 15.1 Å². The van der Waals surface area contributed by atoms with Crippen molar-refractivity contribution in [1.29, 1.82) is 0 Å².